The van der Waals surface area contributed by atoms with E-state index in [-0.39, 0.29) is 29.0 Å². The number of fused-ring (bicyclic) bond motifs is 1. The van der Waals surface area contributed by atoms with Crippen LogP contribution in [-0.2, 0) is 22.5 Å². The second-order valence-electron chi connectivity index (χ2n) is 6.91. The molecule has 1 amide bonds. The molecule has 0 saturated carbocycles. The summed E-state index contributed by atoms with van der Waals surface area (Å²) in [5.74, 6) is -2.09. The van der Waals surface area contributed by atoms with Gasteiger partial charge in [-0.3, -0.25) is 9.59 Å². The van der Waals surface area contributed by atoms with Crippen molar-refractivity contribution in [3.05, 3.63) is 80.9 Å². The number of nitrogens with zero attached hydrogens (tertiary/aromatic N) is 1. The van der Waals surface area contributed by atoms with Gasteiger partial charge in [-0.05, 0) is 31.5 Å². The Kier molecular flexibility index (Phi) is 7.07. The van der Waals surface area contributed by atoms with Gasteiger partial charge in [-0.1, -0.05) is 41.9 Å². The van der Waals surface area contributed by atoms with E-state index in [0.717, 1.165) is 11.6 Å². The molecule has 0 unspecified atom stereocenters. The number of carbonyl (C=O) groups is 2. The Hall–Kier alpha value is -3.19. The third-order valence-corrected chi connectivity index (χ3v) is 5.16. The first-order valence-electron chi connectivity index (χ1n) is 9.89. The van der Waals surface area contributed by atoms with Gasteiger partial charge in [0.1, 0.15) is 17.4 Å². The highest BCUT2D eigenvalue weighted by molar-refractivity contribution is 6.31. The second kappa shape index (κ2) is 9.75. The molecule has 1 atom stereocenters. The number of halogens is 2. The number of benzene rings is 2. The zero-order valence-corrected chi connectivity index (χ0v) is 17.9. The van der Waals surface area contributed by atoms with Crippen molar-refractivity contribution in [2.75, 3.05) is 6.61 Å². The zero-order chi connectivity index (χ0) is 22.5. The van der Waals surface area contributed by atoms with Crippen molar-refractivity contribution < 1.29 is 18.7 Å². The first-order valence-corrected chi connectivity index (χ1v) is 10.3. The summed E-state index contributed by atoms with van der Waals surface area (Å²) in [6.07, 6.45) is 1.59. The van der Waals surface area contributed by atoms with E-state index in [2.05, 4.69) is 5.32 Å². The number of aromatic nitrogens is 1. The van der Waals surface area contributed by atoms with Crippen LogP contribution in [0.4, 0.5) is 4.39 Å². The topological polar surface area (TPSA) is 77.4 Å². The summed E-state index contributed by atoms with van der Waals surface area (Å²) >= 11 is 5.86. The van der Waals surface area contributed by atoms with Crippen molar-refractivity contribution in [1.29, 1.82) is 0 Å². The zero-order valence-electron chi connectivity index (χ0n) is 17.2. The first kappa shape index (κ1) is 22.5. The molecule has 0 aliphatic rings. The standard InChI is InChI=1S/C23H22ClFN2O4/c1-3-27-13-16(21(28)15-11-18(25)17(24)12-20(15)27)22(29)26-19(23(30)31-4-2)10-14-8-6-5-7-9-14/h5-9,11-13,19H,3-4,10H2,1-2H3,(H,26,29)/t19-/m0/s1. The lowest BCUT2D eigenvalue weighted by molar-refractivity contribution is -0.145. The lowest BCUT2D eigenvalue weighted by Crippen LogP contribution is -2.44. The normalized spacial score (nSPS) is 11.9. The molecule has 0 aliphatic heterocycles. The maximum Gasteiger partial charge on any atom is 0.328 e. The van der Waals surface area contributed by atoms with Crippen molar-refractivity contribution in [2.24, 2.45) is 0 Å². The monoisotopic (exact) mass is 444 g/mol. The van der Waals surface area contributed by atoms with Gasteiger partial charge in [0, 0.05) is 24.5 Å². The van der Waals surface area contributed by atoms with Crippen LogP contribution < -0.4 is 10.7 Å². The lowest BCUT2D eigenvalue weighted by Gasteiger charge is -2.18. The molecule has 1 N–H and O–H groups in total. The summed E-state index contributed by atoms with van der Waals surface area (Å²) in [7, 11) is 0. The molecule has 0 aliphatic carbocycles. The van der Waals surface area contributed by atoms with Crippen molar-refractivity contribution >= 4 is 34.4 Å². The van der Waals surface area contributed by atoms with Gasteiger partial charge >= 0.3 is 5.97 Å². The van der Waals surface area contributed by atoms with E-state index in [0.29, 0.717) is 12.1 Å². The van der Waals surface area contributed by atoms with Crippen molar-refractivity contribution in [3.8, 4) is 0 Å². The van der Waals surface area contributed by atoms with Gasteiger partial charge in [0.25, 0.3) is 5.91 Å². The van der Waals surface area contributed by atoms with Crippen LogP contribution in [-0.4, -0.2) is 29.1 Å². The predicted molar refractivity (Wildman–Crippen MR) is 117 cm³/mol. The van der Waals surface area contributed by atoms with Gasteiger partial charge in [0.05, 0.1) is 17.1 Å². The molecule has 3 aromatic rings. The Bertz CT molecular complexity index is 1180. The fraction of sp³-hybridized carbons (Fsp3) is 0.261. The summed E-state index contributed by atoms with van der Waals surface area (Å²) in [6.45, 7) is 4.06. The van der Waals surface area contributed by atoms with Crippen LogP contribution in [0, 0.1) is 5.82 Å². The third kappa shape index (κ3) is 4.94. The molecule has 8 heteroatoms. The molecule has 0 spiro atoms. The summed E-state index contributed by atoms with van der Waals surface area (Å²) in [4.78, 5) is 38.4. The number of rotatable bonds is 7. The van der Waals surface area contributed by atoms with Crippen LogP contribution in [0.3, 0.4) is 0 Å². The number of carbonyl (C=O) groups excluding carboxylic acids is 2. The number of aryl methyl sites for hydroxylation is 1. The Morgan fingerprint density at radius 3 is 2.55 bits per heavy atom. The Labute approximate surface area is 183 Å². The maximum absolute atomic E-state index is 14.0. The number of nitrogens with one attached hydrogen (secondary N) is 1. The Morgan fingerprint density at radius 1 is 1.19 bits per heavy atom. The predicted octanol–water partition coefficient (Wildman–Crippen LogP) is 3.72. The number of hydrogen-bond acceptors (Lipinski definition) is 4. The summed E-state index contributed by atoms with van der Waals surface area (Å²) in [5, 5.41) is 2.52. The van der Waals surface area contributed by atoms with E-state index in [1.165, 1.54) is 12.3 Å². The molecule has 0 radical (unpaired) electrons. The minimum atomic E-state index is -0.984. The highest BCUT2D eigenvalue weighted by atomic mass is 35.5. The lowest BCUT2D eigenvalue weighted by atomic mass is 10.0. The van der Waals surface area contributed by atoms with E-state index in [1.807, 2.05) is 37.3 Å². The van der Waals surface area contributed by atoms with Crippen LogP contribution in [0.1, 0.15) is 29.8 Å². The van der Waals surface area contributed by atoms with Crippen molar-refractivity contribution in [3.63, 3.8) is 0 Å². The number of amides is 1. The van der Waals surface area contributed by atoms with Crippen LogP contribution in [0.2, 0.25) is 5.02 Å². The molecular formula is C23H22ClFN2O4. The van der Waals surface area contributed by atoms with Crippen LogP contribution in [0.5, 0.6) is 0 Å². The largest absolute Gasteiger partial charge is 0.464 e. The molecular weight excluding hydrogens is 423 g/mol. The highest BCUT2D eigenvalue weighted by Gasteiger charge is 2.25. The van der Waals surface area contributed by atoms with Crippen LogP contribution in [0.25, 0.3) is 10.9 Å². The molecule has 1 heterocycles. The minimum absolute atomic E-state index is 0.0344. The molecule has 3 rings (SSSR count). The molecule has 0 bridgehead atoms. The average Bonchev–Trinajstić information content (AvgIpc) is 2.76. The summed E-state index contributed by atoms with van der Waals surface area (Å²) in [5.41, 5.74) is 0.400. The number of hydrogen-bond donors (Lipinski definition) is 1. The molecule has 6 nitrogen and oxygen atoms in total. The number of esters is 1. The van der Waals surface area contributed by atoms with Gasteiger partial charge in [0.15, 0.2) is 0 Å². The molecule has 31 heavy (non-hydrogen) atoms. The van der Waals surface area contributed by atoms with E-state index < -0.39 is 29.2 Å². The Balaban J connectivity index is 1.99. The van der Waals surface area contributed by atoms with Gasteiger partial charge < -0.3 is 14.6 Å². The van der Waals surface area contributed by atoms with E-state index in [4.69, 9.17) is 16.3 Å². The molecule has 2 aromatic carbocycles. The second-order valence-corrected chi connectivity index (χ2v) is 7.32. The van der Waals surface area contributed by atoms with Crippen molar-refractivity contribution in [1.82, 2.24) is 9.88 Å². The number of pyridine rings is 1. The molecule has 162 valence electrons. The van der Waals surface area contributed by atoms with Gasteiger partial charge in [0.2, 0.25) is 5.43 Å². The molecule has 0 fully saturated rings. The smallest absolute Gasteiger partial charge is 0.328 e. The summed E-state index contributed by atoms with van der Waals surface area (Å²) in [6, 6.07) is 10.5. The van der Waals surface area contributed by atoms with Gasteiger partial charge in [-0.15, -0.1) is 0 Å². The van der Waals surface area contributed by atoms with Crippen LogP contribution in [0.15, 0.2) is 53.5 Å². The fourth-order valence-corrected chi connectivity index (χ4v) is 3.49. The maximum atomic E-state index is 14.0. The Morgan fingerprint density at radius 2 is 1.90 bits per heavy atom. The molecule has 1 aromatic heterocycles. The fourth-order valence-electron chi connectivity index (χ4n) is 3.33. The van der Waals surface area contributed by atoms with Crippen LogP contribution >= 0.6 is 11.6 Å². The quantitative estimate of drug-likeness (QED) is 0.563. The molecule has 0 saturated heterocycles. The van der Waals surface area contributed by atoms with Crippen molar-refractivity contribution in [2.45, 2.75) is 32.9 Å². The number of ether oxygens (including phenoxy) is 1. The van der Waals surface area contributed by atoms with Gasteiger partial charge in [-0.25, -0.2) is 9.18 Å². The summed E-state index contributed by atoms with van der Waals surface area (Å²) < 4.78 is 20.7. The average molecular weight is 445 g/mol. The van der Waals surface area contributed by atoms with Gasteiger partial charge in [-0.2, -0.15) is 0 Å². The highest BCUT2D eigenvalue weighted by Crippen LogP contribution is 2.21. The first-order chi connectivity index (χ1) is 14.8. The van der Waals surface area contributed by atoms with E-state index in [1.54, 1.807) is 11.5 Å². The van der Waals surface area contributed by atoms with E-state index >= 15 is 0 Å². The SMILES string of the molecule is CCOC(=O)[C@H](Cc1ccccc1)NC(=O)c1cn(CC)c2cc(Cl)c(F)cc2c1=O. The van der Waals surface area contributed by atoms with E-state index in [9.17, 15) is 18.8 Å². The third-order valence-electron chi connectivity index (χ3n) is 4.87. The minimum Gasteiger partial charge on any atom is -0.464 e.